The van der Waals surface area contributed by atoms with E-state index in [0.29, 0.717) is 11.1 Å². The second kappa shape index (κ2) is 6.22. The monoisotopic (exact) mass is 289 g/mol. The molecule has 3 rings (SSSR count). The highest BCUT2D eigenvalue weighted by Gasteiger charge is 2.26. The van der Waals surface area contributed by atoms with Crippen LogP contribution in [-0.4, -0.2) is 12.6 Å². The van der Waals surface area contributed by atoms with Gasteiger partial charge in [0.25, 0.3) is 0 Å². The Hall–Kier alpha value is -2.94. The Balaban J connectivity index is 2.06. The Labute approximate surface area is 129 Å². The molecule has 0 amide bonds. The van der Waals surface area contributed by atoms with Crippen LogP contribution >= 0.6 is 0 Å². The molecule has 3 heteroatoms. The van der Waals surface area contributed by atoms with Gasteiger partial charge in [0.1, 0.15) is 12.6 Å². The fourth-order valence-corrected chi connectivity index (χ4v) is 2.68. The SMILES string of the molecule is O=CC1=CN(c2ccccc2)C=C(C=O)C1c1ccccc1. The molecule has 0 aliphatic carbocycles. The predicted octanol–water partition coefficient (Wildman–Crippen LogP) is 3.46. The number of rotatable bonds is 4. The van der Waals surface area contributed by atoms with Gasteiger partial charge in [0.2, 0.25) is 0 Å². The molecular weight excluding hydrogens is 274 g/mol. The Bertz CT molecular complexity index is 707. The van der Waals surface area contributed by atoms with Crippen LogP contribution in [0.1, 0.15) is 11.5 Å². The van der Waals surface area contributed by atoms with Gasteiger partial charge in [-0.3, -0.25) is 9.59 Å². The van der Waals surface area contributed by atoms with Crippen molar-refractivity contribution in [2.24, 2.45) is 0 Å². The molecule has 0 aromatic heterocycles. The molecule has 0 saturated carbocycles. The van der Waals surface area contributed by atoms with Gasteiger partial charge in [-0.25, -0.2) is 0 Å². The van der Waals surface area contributed by atoms with Crippen molar-refractivity contribution in [1.82, 2.24) is 0 Å². The first-order chi connectivity index (χ1) is 10.8. The first-order valence-electron chi connectivity index (χ1n) is 7.05. The third-order valence-corrected chi connectivity index (χ3v) is 3.70. The van der Waals surface area contributed by atoms with E-state index in [2.05, 4.69) is 0 Å². The van der Waals surface area contributed by atoms with Crippen LogP contribution in [0, 0.1) is 0 Å². The van der Waals surface area contributed by atoms with Crippen molar-refractivity contribution in [3.05, 3.63) is 89.8 Å². The fourth-order valence-electron chi connectivity index (χ4n) is 2.68. The molecule has 0 fully saturated rings. The number of para-hydroxylation sites is 1. The number of aldehydes is 2. The molecule has 0 N–H and O–H groups in total. The third kappa shape index (κ3) is 2.61. The van der Waals surface area contributed by atoms with E-state index in [4.69, 9.17) is 0 Å². The number of allylic oxidation sites excluding steroid dienone is 2. The second-order valence-electron chi connectivity index (χ2n) is 5.08. The van der Waals surface area contributed by atoms with Crippen LogP contribution < -0.4 is 4.90 Å². The number of carbonyl (C=O) groups is 2. The van der Waals surface area contributed by atoms with Crippen molar-refractivity contribution < 1.29 is 9.59 Å². The predicted molar refractivity (Wildman–Crippen MR) is 86.4 cm³/mol. The van der Waals surface area contributed by atoms with Crippen LogP contribution in [-0.2, 0) is 9.59 Å². The van der Waals surface area contributed by atoms with Gasteiger partial charge in [0, 0.05) is 35.2 Å². The van der Waals surface area contributed by atoms with Gasteiger partial charge in [-0.1, -0.05) is 48.5 Å². The Kier molecular flexibility index (Phi) is 3.97. The van der Waals surface area contributed by atoms with Crippen LogP contribution in [0.5, 0.6) is 0 Å². The summed E-state index contributed by atoms with van der Waals surface area (Å²) in [6, 6.07) is 19.2. The van der Waals surface area contributed by atoms with Gasteiger partial charge in [-0.05, 0) is 17.7 Å². The van der Waals surface area contributed by atoms with Gasteiger partial charge in [0.15, 0.2) is 0 Å². The largest absolute Gasteiger partial charge is 0.323 e. The molecule has 1 aliphatic heterocycles. The highest BCUT2D eigenvalue weighted by Crippen LogP contribution is 2.35. The number of carbonyl (C=O) groups excluding carboxylic acids is 2. The maximum absolute atomic E-state index is 11.5. The second-order valence-corrected chi connectivity index (χ2v) is 5.08. The van der Waals surface area contributed by atoms with Crippen LogP contribution in [0.15, 0.2) is 84.2 Å². The van der Waals surface area contributed by atoms with Crippen LogP contribution in [0.25, 0.3) is 0 Å². The number of nitrogens with zero attached hydrogens (tertiary/aromatic N) is 1. The number of anilines is 1. The first kappa shape index (κ1) is 14.0. The van der Waals surface area contributed by atoms with E-state index in [9.17, 15) is 9.59 Å². The molecule has 0 radical (unpaired) electrons. The summed E-state index contributed by atoms with van der Waals surface area (Å²) in [6.45, 7) is 0. The highest BCUT2D eigenvalue weighted by atomic mass is 16.1. The molecule has 2 aromatic carbocycles. The molecule has 22 heavy (non-hydrogen) atoms. The van der Waals surface area contributed by atoms with E-state index in [0.717, 1.165) is 23.8 Å². The van der Waals surface area contributed by atoms with E-state index in [1.54, 1.807) is 12.4 Å². The number of hydrogen-bond acceptors (Lipinski definition) is 3. The molecule has 0 spiro atoms. The van der Waals surface area contributed by atoms with E-state index in [1.807, 2.05) is 65.6 Å². The minimum atomic E-state index is -0.309. The topological polar surface area (TPSA) is 37.4 Å². The molecular formula is C19H15NO2. The zero-order chi connectivity index (χ0) is 15.4. The lowest BCUT2D eigenvalue weighted by atomic mass is 9.84. The zero-order valence-electron chi connectivity index (χ0n) is 11.9. The van der Waals surface area contributed by atoms with Crippen molar-refractivity contribution in [3.8, 4) is 0 Å². The lowest BCUT2D eigenvalue weighted by Crippen LogP contribution is -2.21. The summed E-state index contributed by atoms with van der Waals surface area (Å²) < 4.78 is 0. The van der Waals surface area contributed by atoms with Crippen LogP contribution in [0.3, 0.4) is 0 Å². The quantitative estimate of drug-likeness (QED) is 0.809. The smallest absolute Gasteiger partial charge is 0.148 e. The van der Waals surface area contributed by atoms with E-state index in [-0.39, 0.29) is 5.92 Å². The lowest BCUT2D eigenvalue weighted by molar-refractivity contribution is -0.105. The standard InChI is InChI=1S/C19H15NO2/c21-13-16-11-20(18-9-5-2-6-10-18)12-17(14-22)19(16)15-7-3-1-4-8-15/h1-14,19H. The average Bonchev–Trinajstić information content (AvgIpc) is 2.62. The maximum Gasteiger partial charge on any atom is 0.148 e. The first-order valence-corrected chi connectivity index (χ1v) is 7.05. The molecule has 1 aliphatic rings. The maximum atomic E-state index is 11.5. The van der Waals surface area contributed by atoms with Crippen molar-refractivity contribution in [2.45, 2.75) is 5.92 Å². The van der Waals surface area contributed by atoms with Crippen molar-refractivity contribution >= 4 is 18.3 Å². The molecule has 0 atom stereocenters. The van der Waals surface area contributed by atoms with E-state index >= 15 is 0 Å². The summed E-state index contributed by atoms with van der Waals surface area (Å²) in [6.07, 6.45) is 5.22. The molecule has 0 saturated heterocycles. The van der Waals surface area contributed by atoms with Crippen molar-refractivity contribution in [3.63, 3.8) is 0 Å². The van der Waals surface area contributed by atoms with Gasteiger partial charge in [-0.15, -0.1) is 0 Å². The summed E-state index contributed by atoms with van der Waals surface area (Å²) in [5, 5.41) is 0. The molecule has 1 heterocycles. The highest BCUT2D eigenvalue weighted by molar-refractivity contribution is 5.88. The Morgan fingerprint density at radius 1 is 0.727 bits per heavy atom. The average molecular weight is 289 g/mol. The minimum absolute atomic E-state index is 0.309. The minimum Gasteiger partial charge on any atom is -0.323 e. The third-order valence-electron chi connectivity index (χ3n) is 3.70. The van der Waals surface area contributed by atoms with Crippen molar-refractivity contribution in [2.75, 3.05) is 4.90 Å². The summed E-state index contributed by atoms with van der Waals surface area (Å²) in [5.74, 6) is -0.309. The molecule has 3 nitrogen and oxygen atoms in total. The zero-order valence-corrected chi connectivity index (χ0v) is 11.9. The summed E-state index contributed by atoms with van der Waals surface area (Å²) in [4.78, 5) is 24.9. The fraction of sp³-hybridized carbons (Fsp3) is 0.0526. The summed E-state index contributed by atoms with van der Waals surface area (Å²) in [5.41, 5.74) is 2.99. The Morgan fingerprint density at radius 2 is 1.23 bits per heavy atom. The lowest BCUT2D eigenvalue weighted by Gasteiger charge is -2.28. The van der Waals surface area contributed by atoms with Gasteiger partial charge in [0.05, 0.1) is 0 Å². The number of hydrogen-bond donors (Lipinski definition) is 0. The molecule has 2 aromatic rings. The van der Waals surface area contributed by atoms with E-state index < -0.39 is 0 Å². The Morgan fingerprint density at radius 3 is 1.73 bits per heavy atom. The van der Waals surface area contributed by atoms with Gasteiger partial charge >= 0.3 is 0 Å². The summed E-state index contributed by atoms with van der Waals surface area (Å²) >= 11 is 0. The summed E-state index contributed by atoms with van der Waals surface area (Å²) in [7, 11) is 0. The normalized spacial score (nSPS) is 15.0. The van der Waals surface area contributed by atoms with Crippen LogP contribution in [0.2, 0.25) is 0 Å². The molecule has 0 unspecified atom stereocenters. The van der Waals surface area contributed by atoms with Gasteiger partial charge < -0.3 is 4.90 Å². The molecule has 108 valence electrons. The molecule has 0 bridgehead atoms. The van der Waals surface area contributed by atoms with Crippen molar-refractivity contribution in [1.29, 1.82) is 0 Å². The number of benzene rings is 2. The van der Waals surface area contributed by atoms with Gasteiger partial charge in [-0.2, -0.15) is 0 Å². The van der Waals surface area contributed by atoms with E-state index in [1.165, 1.54) is 0 Å². The van der Waals surface area contributed by atoms with Crippen LogP contribution in [0.4, 0.5) is 5.69 Å².